The highest BCUT2D eigenvalue weighted by Crippen LogP contribution is 2.30. The van der Waals surface area contributed by atoms with Crippen LogP contribution in [0, 0.1) is 29.6 Å². The minimum atomic E-state index is -4.49. The van der Waals surface area contributed by atoms with Crippen molar-refractivity contribution in [3.63, 3.8) is 0 Å². The molecule has 0 aromatic heterocycles. The van der Waals surface area contributed by atoms with Gasteiger partial charge < -0.3 is 56.7 Å². The molecule has 10 atom stereocenters. The first kappa shape index (κ1) is 63.5. The van der Waals surface area contributed by atoms with Gasteiger partial charge in [0.1, 0.15) is 18.1 Å². The van der Waals surface area contributed by atoms with Gasteiger partial charge in [-0.15, -0.1) is 0 Å². The van der Waals surface area contributed by atoms with E-state index in [0.29, 0.717) is 25.8 Å². The number of carbonyl (C=O) groups is 8. The lowest BCUT2D eigenvalue weighted by Crippen LogP contribution is -2.59. The van der Waals surface area contributed by atoms with Crippen LogP contribution in [0.5, 0.6) is 0 Å². The largest absolute Gasteiger partial charge is 0.465 e. The molecule has 1 saturated heterocycles. The molecule has 9 N–H and O–H groups in total. The second-order valence-electron chi connectivity index (χ2n) is 20.1. The number of rotatable bonds is 29. The van der Waals surface area contributed by atoms with E-state index >= 15 is 0 Å². The Hall–Kier alpha value is -5.59. The molecule has 1 aromatic carbocycles. The highest BCUT2D eigenvalue weighted by atomic mass is 32.2. The summed E-state index contributed by atoms with van der Waals surface area (Å²) in [6.45, 7) is 16.7. The number of benzene rings is 1. The van der Waals surface area contributed by atoms with Gasteiger partial charge in [-0.1, -0.05) is 68.7 Å². The standard InChI is InChI=1S/C49H84N10O13S/c1-15-30(8)41(58(12)47(65)39(28(4)5)54-46(64)40(29(6)7)57(10)11)36(71-13)26-37(60)59-25-17-19-35(59)42(72-14)31(9)43(61)56-73(69,70)33-22-20-32(21-23-33)52-44(62)34(18-16-24-51-48(50)66)53-45(63)38(27(2)3)55-49(67)68/h20-23,27-31,34-36,38-42,55H,15-19,24-26H2,1-14H3,(H,52,62)(H,53,63)(H,54,64)(H,56,61)(H,67,68)(H3,50,51,66)/t30?,31?,34?,35-,36?,38?,39?,40?,41?,42?/m0/s1. The molecule has 2 rings (SSSR count). The fraction of sp³-hybridized carbons (Fsp3) is 0.714. The lowest BCUT2D eigenvalue weighted by atomic mass is 9.89. The molecule has 9 amide bonds. The summed E-state index contributed by atoms with van der Waals surface area (Å²) in [7, 11) is 3.66. The summed E-state index contributed by atoms with van der Waals surface area (Å²) in [4.78, 5) is 110. The fourth-order valence-corrected chi connectivity index (χ4v) is 10.4. The van der Waals surface area contributed by atoms with E-state index in [0.717, 1.165) is 12.1 Å². The molecular formula is C49H84N10O13S. The second-order valence-corrected chi connectivity index (χ2v) is 21.8. The van der Waals surface area contributed by atoms with Crippen molar-refractivity contribution in [2.45, 2.75) is 154 Å². The second kappa shape index (κ2) is 29.3. The third-order valence-corrected chi connectivity index (χ3v) is 14.8. The summed E-state index contributed by atoms with van der Waals surface area (Å²) < 4.78 is 41.1. The molecule has 24 heteroatoms. The number of hydrogen-bond acceptors (Lipinski definition) is 13. The van der Waals surface area contributed by atoms with Gasteiger partial charge in [-0.2, -0.15) is 0 Å². The summed E-state index contributed by atoms with van der Waals surface area (Å²) >= 11 is 0. The number of anilines is 1. The Kier molecular flexibility index (Phi) is 25.5. The number of carboxylic acid groups (broad SMARTS) is 1. The van der Waals surface area contributed by atoms with Gasteiger partial charge in [0.15, 0.2) is 0 Å². The average molecular weight is 1050 g/mol. The number of sulfonamides is 1. The van der Waals surface area contributed by atoms with Crippen LogP contribution in [0.25, 0.3) is 0 Å². The Bertz CT molecular complexity index is 2140. The van der Waals surface area contributed by atoms with E-state index in [4.69, 9.17) is 15.2 Å². The van der Waals surface area contributed by atoms with Gasteiger partial charge in [-0.3, -0.25) is 33.7 Å². The van der Waals surface area contributed by atoms with Gasteiger partial charge in [-0.25, -0.2) is 22.7 Å². The quantitative estimate of drug-likeness (QED) is 0.0535. The van der Waals surface area contributed by atoms with Crippen molar-refractivity contribution in [2.75, 3.05) is 53.8 Å². The first-order valence-corrected chi connectivity index (χ1v) is 26.4. The van der Waals surface area contributed by atoms with E-state index in [2.05, 4.69) is 31.3 Å². The molecule has 9 unspecified atom stereocenters. The summed E-state index contributed by atoms with van der Waals surface area (Å²) in [6, 6.07) is -0.813. The monoisotopic (exact) mass is 1050 g/mol. The Morgan fingerprint density at radius 2 is 1.41 bits per heavy atom. The summed E-state index contributed by atoms with van der Waals surface area (Å²) in [5, 5.41) is 21.9. The first-order chi connectivity index (χ1) is 34.0. The molecule has 0 radical (unpaired) electrons. The van der Waals surface area contributed by atoms with Crippen molar-refractivity contribution >= 4 is 63.3 Å². The number of nitrogens with zero attached hydrogens (tertiary/aromatic N) is 3. The average Bonchev–Trinajstić information content (AvgIpc) is 3.79. The Morgan fingerprint density at radius 3 is 1.90 bits per heavy atom. The third-order valence-electron chi connectivity index (χ3n) is 13.4. The smallest absolute Gasteiger partial charge is 0.405 e. The van der Waals surface area contributed by atoms with Gasteiger partial charge in [0.05, 0.1) is 47.6 Å². The van der Waals surface area contributed by atoms with Gasteiger partial charge in [0, 0.05) is 40.0 Å². The van der Waals surface area contributed by atoms with Crippen LogP contribution in [-0.2, 0) is 48.3 Å². The van der Waals surface area contributed by atoms with Crippen molar-refractivity contribution in [1.29, 1.82) is 0 Å². The predicted molar refractivity (Wildman–Crippen MR) is 274 cm³/mol. The number of primary amides is 1. The number of urea groups is 1. The predicted octanol–water partition coefficient (Wildman–Crippen LogP) is 2.30. The molecule has 0 spiro atoms. The van der Waals surface area contributed by atoms with E-state index in [1.807, 2.05) is 60.5 Å². The van der Waals surface area contributed by atoms with Crippen LogP contribution < -0.4 is 37.0 Å². The first-order valence-electron chi connectivity index (χ1n) is 24.9. The number of nitrogens with one attached hydrogen (secondary N) is 6. The van der Waals surface area contributed by atoms with Crippen molar-refractivity contribution in [1.82, 2.24) is 40.7 Å². The maximum atomic E-state index is 14.3. The van der Waals surface area contributed by atoms with E-state index in [1.165, 1.54) is 33.3 Å². The van der Waals surface area contributed by atoms with Crippen LogP contribution in [-0.4, -0.2) is 173 Å². The number of hydrogen-bond donors (Lipinski definition) is 8. The summed E-state index contributed by atoms with van der Waals surface area (Å²) in [5.41, 5.74) is 5.26. The number of carbonyl (C=O) groups excluding carboxylic acids is 7. The summed E-state index contributed by atoms with van der Waals surface area (Å²) in [6.07, 6.45) is -1.36. The van der Waals surface area contributed by atoms with Gasteiger partial charge in [-0.05, 0) is 87.7 Å². The summed E-state index contributed by atoms with van der Waals surface area (Å²) in [5.74, 6) is -5.21. The zero-order chi connectivity index (χ0) is 55.7. The normalized spacial score (nSPS) is 17.6. The topological polar surface area (TPSA) is 317 Å². The number of methoxy groups -OCH3 is 2. The lowest BCUT2D eigenvalue weighted by Gasteiger charge is -2.41. The zero-order valence-electron chi connectivity index (χ0n) is 45.1. The SMILES string of the molecule is CCC(C)C(C(CC(=O)N1CCC[C@H]1C(OC)C(C)C(=O)NS(=O)(=O)c1ccc(NC(=O)C(CCCNC(N)=O)NC(=O)C(NC(=O)O)C(C)C)cc1)OC)N(C)C(=O)C(NC(=O)C(C(C)C)N(C)C)C(C)C. The minimum Gasteiger partial charge on any atom is -0.465 e. The van der Waals surface area contributed by atoms with Gasteiger partial charge >= 0.3 is 12.1 Å². The van der Waals surface area contributed by atoms with Crippen LogP contribution >= 0.6 is 0 Å². The number of likely N-dealkylation sites (N-methyl/N-ethyl adjacent to an activating group) is 2. The zero-order valence-corrected chi connectivity index (χ0v) is 46.0. The molecule has 0 bridgehead atoms. The lowest BCUT2D eigenvalue weighted by molar-refractivity contribution is -0.148. The molecule has 23 nitrogen and oxygen atoms in total. The van der Waals surface area contributed by atoms with Crippen LogP contribution in [0.1, 0.15) is 101 Å². The highest BCUT2D eigenvalue weighted by Gasteiger charge is 2.44. The van der Waals surface area contributed by atoms with Crippen LogP contribution in [0.15, 0.2) is 29.2 Å². The maximum Gasteiger partial charge on any atom is 0.405 e. The molecule has 0 aliphatic carbocycles. The van der Waals surface area contributed by atoms with Crippen molar-refractivity contribution < 1.29 is 61.4 Å². The molecule has 1 fully saturated rings. The van der Waals surface area contributed by atoms with Crippen molar-refractivity contribution in [3.8, 4) is 0 Å². The van der Waals surface area contributed by atoms with E-state index in [9.17, 15) is 51.9 Å². The molecule has 1 aromatic rings. The highest BCUT2D eigenvalue weighted by molar-refractivity contribution is 7.90. The van der Waals surface area contributed by atoms with E-state index in [-0.39, 0.29) is 71.9 Å². The van der Waals surface area contributed by atoms with Crippen LogP contribution in [0.3, 0.4) is 0 Å². The maximum absolute atomic E-state index is 14.3. The number of amides is 9. The van der Waals surface area contributed by atoms with Gasteiger partial charge in [0.2, 0.25) is 35.4 Å². The molecular weight excluding hydrogens is 969 g/mol. The molecule has 73 heavy (non-hydrogen) atoms. The molecule has 1 aliphatic rings. The molecule has 1 heterocycles. The van der Waals surface area contributed by atoms with E-state index in [1.54, 1.807) is 30.7 Å². The molecule has 0 saturated carbocycles. The van der Waals surface area contributed by atoms with E-state index < -0.39 is 100 Å². The van der Waals surface area contributed by atoms with Crippen molar-refractivity contribution in [2.24, 2.45) is 35.3 Å². The molecule has 1 aliphatic heterocycles. The van der Waals surface area contributed by atoms with Gasteiger partial charge in [0.25, 0.3) is 10.0 Å². The van der Waals surface area contributed by atoms with Crippen LogP contribution in [0.4, 0.5) is 15.3 Å². The number of likely N-dealkylation sites (tertiary alicyclic amines) is 1. The third kappa shape index (κ3) is 18.4. The minimum absolute atomic E-state index is 0.00660. The Balaban J connectivity index is 2.27. The van der Waals surface area contributed by atoms with Crippen LogP contribution in [0.2, 0.25) is 0 Å². The Labute approximate surface area is 431 Å². The number of nitrogens with two attached hydrogens (primary N) is 1. The number of ether oxygens (including phenoxy) is 2. The van der Waals surface area contributed by atoms with Crippen molar-refractivity contribution in [3.05, 3.63) is 24.3 Å². The fourth-order valence-electron chi connectivity index (χ4n) is 9.36. The molecule has 414 valence electrons. The Morgan fingerprint density at radius 1 is 0.808 bits per heavy atom.